The number of pyridine rings is 1. The lowest BCUT2D eigenvalue weighted by atomic mass is 10.2. The molecule has 0 radical (unpaired) electrons. The van der Waals surface area contributed by atoms with Crippen LogP contribution in [-0.4, -0.2) is 4.57 Å². The Morgan fingerprint density at radius 3 is 2.82 bits per heavy atom. The summed E-state index contributed by atoms with van der Waals surface area (Å²) < 4.78 is 2.63. The zero-order chi connectivity index (χ0) is 12.3. The van der Waals surface area contributed by atoms with Crippen LogP contribution >= 0.6 is 15.9 Å². The Bertz CT molecular complexity index is 578. The highest BCUT2D eigenvalue weighted by atomic mass is 79.9. The molecule has 0 aliphatic carbocycles. The van der Waals surface area contributed by atoms with Gasteiger partial charge in [-0.25, -0.2) is 0 Å². The quantitative estimate of drug-likeness (QED) is 0.944. The number of rotatable bonds is 3. The van der Waals surface area contributed by atoms with Crippen LogP contribution < -0.4 is 10.9 Å². The van der Waals surface area contributed by atoms with Gasteiger partial charge in [-0.3, -0.25) is 4.79 Å². The predicted molar refractivity (Wildman–Crippen MR) is 73.2 cm³/mol. The molecule has 0 amide bonds. The minimum absolute atomic E-state index is 0.00185. The molecular formula is C13H13BrN2O. The molecule has 1 N–H and O–H groups in total. The summed E-state index contributed by atoms with van der Waals surface area (Å²) in [6, 6.07) is 11.5. The zero-order valence-corrected chi connectivity index (χ0v) is 11.1. The van der Waals surface area contributed by atoms with E-state index >= 15 is 0 Å². The molecular weight excluding hydrogens is 280 g/mol. The van der Waals surface area contributed by atoms with E-state index in [-0.39, 0.29) is 5.56 Å². The summed E-state index contributed by atoms with van der Waals surface area (Å²) in [5.41, 5.74) is 2.12. The fourth-order valence-electron chi connectivity index (χ4n) is 1.55. The normalized spacial score (nSPS) is 10.2. The largest absolute Gasteiger partial charge is 0.380 e. The number of nitrogens with one attached hydrogen (secondary N) is 1. The van der Waals surface area contributed by atoms with Crippen molar-refractivity contribution in [3.63, 3.8) is 0 Å². The molecule has 2 aromatic rings. The Morgan fingerprint density at radius 2 is 2.12 bits per heavy atom. The number of halogens is 1. The summed E-state index contributed by atoms with van der Waals surface area (Å²) in [6.45, 7) is 0.734. The summed E-state index contributed by atoms with van der Waals surface area (Å²) in [5.74, 6) is 0. The second-order valence-corrected chi connectivity index (χ2v) is 4.77. The van der Waals surface area contributed by atoms with Crippen LogP contribution in [0.3, 0.4) is 0 Å². The minimum Gasteiger partial charge on any atom is -0.380 e. The minimum atomic E-state index is -0.00185. The van der Waals surface area contributed by atoms with Gasteiger partial charge in [0, 0.05) is 30.3 Å². The van der Waals surface area contributed by atoms with Crippen molar-refractivity contribution in [1.82, 2.24) is 4.57 Å². The first kappa shape index (κ1) is 11.9. The average Bonchev–Trinajstić information content (AvgIpc) is 2.31. The molecule has 0 bridgehead atoms. The topological polar surface area (TPSA) is 34.0 Å². The van der Waals surface area contributed by atoms with Gasteiger partial charge < -0.3 is 9.88 Å². The van der Waals surface area contributed by atoms with Crippen LogP contribution in [0.1, 0.15) is 5.56 Å². The molecule has 2 rings (SSSR count). The Morgan fingerprint density at radius 1 is 1.29 bits per heavy atom. The summed E-state index contributed by atoms with van der Waals surface area (Å²) in [7, 11) is 1.74. The number of hydrogen-bond acceptors (Lipinski definition) is 2. The van der Waals surface area contributed by atoms with Crippen molar-refractivity contribution in [2.24, 2.45) is 7.05 Å². The van der Waals surface area contributed by atoms with E-state index in [4.69, 9.17) is 0 Å². The van der Waals surface area contributed by atoms with Crippen LogP contribution in [-0.2, 0) is 13.6 Å². The van der Waals surface area contributed by atoms with Gasteiger partial charge in [0.2, 0.25) is 5.56 Å². The molecule has 3 nitrogen and oxygen atoms in total. The highest BCUT2D eigenvalue weighted by Crippen LogP contribution is 2.13. The Labute approximate surface area is 108 Å². The highest BCUT2D eigenvalue weighted by Gasteiger charge is 1.96. The summed E-state index contributed by atoms with van der Waals surface area (Å²) in [6.07, 6.45) is 1.79. The predicted octanol–water partition coefficient (Wildman–Crippen LogP) is 2.76. The van der Waals surface area contributed by atoms with Crippen molar-refractivity contribution >= 4 is 21.6 Å². The van der Waals surface area contributed by atoms with E-state index in [2.05, 4.69) is 33.4 Å². The molecule has 1 aromatic carbocycles. The molecule has 0 saturated heterocycles. The Balaban J connectivity index is 2.07. The smallest absolute Gasteiger partial charge is 0.250 e. The molecule has 0 saturated carbocycles. The number of hydrogen-bond donors (Lipinski definition) is 1. The number of aromatic nitrogens is 1. The number of nitrogens with zero attached hydrogens (tertiary/aromatic N) is 1. The van der Waals surface area contributed by atoms with Crippen molar-refractivity contribution < 1.29 is 0 Å². The number of aryl methyl sites for hydroxylation is 1. The van der Waals surface area contributed by atoms with Gasteiger partial charge in [0.05, 0.1) is 5.69 Å². The maximum atomic E-state index is 11.2. The van der Waals surface area contributed by atoms with E-state index in [1.807, 2.05) is 12.1 Å². The maximum absolute atomic E-state index is 11.2. The number of benzene rings is 1. The molecule has 0 unspecified atom stereocenters. The second-order valence-electron chi connectivity index (χ2n) is 3.85. The third kappa shape index (κ3) is 3.20. The fourth-order valence-corrected chi connectivity index (χ4v) is 2.00. The summed E-state index contributed by atoms with van der Waals surface area (Å²) in [4.78, 5) is 11.2. The van der Waals surface area contributed by atoms with Crippen LogP contribution in [0.4, 0.5) is 5.69 Å². The van der Waals surface area contributed by atoms with E-state index in [1.165, 1.54) is 5.56 Å². The van der Waals surface area contributed by atoms with Gasteiger partial charge in [0.1, 0.15) is 0 Å². The van der Waals surface area contributed by atoms with Crippen LogP contribution in [0.2, 0.25) is 0 Å². The van der Waals surface area contributed by atoms with E-state index in [0.29, 0.717) is 0 Å². The lowest BCUT2D eigenvalue weighted by molar-refractivity contribution is 0.859. The average molecular weight is 293 g/mol. The fraction of sp³-hybridized carbons (Fsp3) is 0.154. The highest BCUT2D eigenvalue weighted by molar-refractivity contribution is 9.10. The molecule has 0 spiro atoms. The standard InChI is InChI=1S/C13H13BrN2O/c1-16-9-12(5-6-13(16)17)15-8-10-3-2-4-11(14)7-10/h2-7,9,15H,8H2,1H3. The molecule has 17 heavy (non-hydrogen) atoms. The number of anilines is 1. The van der Waals surface area contributed by atoms with Crippen LogP contribution in [0, 0.1) is 0 Å². The van der Waals surface area contributed by atoms with E-state index < -0.39 is 0 Å². The molecule has 0 aliphatic heterocycles. The van der Waals surface area contributed by atoms with Crippen LogP contribution in [0.25, 0.3) is 0 Å². The van der Waals surface area contributed by atoms with Gasteiger partial charge in [-0.15, -0.1) is 0 Å². The summed E-state index contributed by atoms with van der Waals surface area (Å²) in [5, 5.41) is 3.28. The van der Waals surface area contributed by atoms with Crippen molar-refractivity contribution in [2.75, 3.05) is 5.32 Å². The SMILES string of the molecule is Cn1cc(NCc2cccc(Br)c2)ccc1=O. The van der Waals surface area contributed by atoms with Crippen LogP contribution in [0.15, 0.2) is 51.9 Å². The van der Waals surface area contributed by atoms with Crippen LogP contribution in [0.5, 0.6) is 0 Å². The van der Waals surface area contributed by atoms with E-state index in [1.54, 1.807) is 29.9 Å². The molecule has 1 heterocycles. The second kappa shape index (κ2) is 5.19. The van der Waals surface area contributed by atoms with Gasteiger partial charge in [-0.2, -0.15) is 0 Å². The molecule has 0 atom stereocenters. The van der Waals surface area contributed by atoms with Gasteiger partial charge in [-0.05, 0) is 23.8 Å². The summed E-state index contributed by atoms with van der Waals surface area (Å²) >= 11 is 3.44. The molecule has 4 heteroatoms. The lowest BCUT2D eigenvalue weighted by Gasteiger charge is -2.07. The zero-order valence-electron chi connectivity index (χ0n) is 9.48. The maximum Gasteiger partial charge on any atom is 0.250 e. The van der Waals surface area contributed by atoms with E-state index in [0.717, 1.165) is 16.7 Å². The molecule has 88 valence electrons. The van der Waals surface area contributed by atoms with Gasteiger partial charge in [0.25, 0.3) is 0 Å². The third-order valence-electron chi connectivity index (χ3n) is 2.47. The van der Waals surface area contributed by atoms with Gasteiger partial charge >= 0.3 is 0 Å². The lowest BCUT2D eigenvalue weighted by Crippen LogP contribution is -2.15. The Hall–Kier alpha value is -1.55. The van der Waals surface area contributed by atoms with Crippen molar-refractivity contribution in [1.29, 1.82) is 0 Å². The Kier molecular flexibility index (Phi) is 3.64. The van der Waals surface area contributed by atoms with Crippen molar-refractivity contribution in [3.8, 4) is 0 Å². The van der Waals surface area contributed by atoms with Gasteiger partial charge in [0.15, 0.2) is 0 Å². The monoisotopic (exact) mass is 292 g/mol. The first-order valence-electron chi connectivity index (χ1n) is 5.30. The van der Waals surface area contributed by atoms with Crippen molar-refractivity contribution in [2.45, 2.75) is 6.54 Å². The first-order valence-corrected chi connectivity index (χ1v) is 6.09. The third-order valence-corrected chi connectivity index (χ3v) is 2.96. The first-order chi connectivity index (χ1) is 8.15. The molecule has 0 aliphatic rings. The van der Waals surface area contributed by atoms with E-state index in [9.17, 15) is 4.79 Å². The van der Waals surface area contributed by atoms with Gasteiger partial charge in [-0.1, -0.05) is 28.1 Å². The molecule has 0 fully saturated rings. The van der Waals surface area contributed by atoms with Crippen molar-refractivity contribution in [3.05, 3.63) is 63.0 Å². The molecule has 1 aromatic heterocycles.